The van der Waals surface area contributed by atoms with Gasteiger partial charge in [-0.05, 0) is 36.3 Å². The van der Waals surface area contributed by atoms with Gasteiger partial charge in [-0.25, -0.2) is 0 Å². The van der Waals surface area contributed by atoms with Crippen LogP contribution >= 0.6 is 0 Å². The Hall–Kier alpha value is -0.980. The molecule has 1 N–H and O–H groups in total. The van der Waals surface area contributed by atoms with Crippen molar-refractivity contribution in [2.45, 2.75) is 37.5 Å². The maximum absolute atomic E-state index is 9.69. The molecule has 0 saturated heterocycles. The van der Waals surface area contributed by atoms with Crippen molar-refractivity contribution >= 4 is 0 Å². The van der Waals surface area contributed by atoms with Crippen LogP contribution in [0.3, 0.4) is 0 Å². The number of rotatable bonds is 0. The monoisotopic (exact) mass is 174 g/mol. The standard InChI is InChI=1S/C12H14O/c13-11-7-3-6-10-8-4-1-2-5-9(8)12(10)11/h3,6-9,13H,1-2,4-5H2. The third kappa shape index (κ3) is 0.874. The molecule has 1 saturated carbocycles. The highest BCUT2D eigenvalue weighted by Crippen LogP contribution is 2.57. The highest BCUT2D eigenvalue weighted by atomic mass is 16.3. The maximum atomic E-state index is 9.69. The molecule has 2 unspecified atom stereocenters. The SMILES string of the molecule is Oc1cccc2c1C1CCCCC21. The molecule has 0 aromatic heterocycles. The lowest BCUT2D eigenvalue weighted by atomic mass is 9.61. The molecule has 2 atom stereocenters. The van der Waals surface area contributed by atoms with Crippen molar-refractivity contribution in [3.05, 3.63) is 29.3 Å². The average Bonchev–Trinajstić information content (AvgIpc) is 2.14. The van der Waals surface area contributed by atoms with E-state index in [0.717, 1.165) is 5.92 Å². The summed E-state index contributed by atoms with van der Waals surface area (Å²) in [5.74, 6) is 1.99. The van der Waals surface area contributed by atoms with E-state index in [-0.39, 0.29) is 0 Å². The Kier molecular flexibility index (Phi) is 1.43. The van der Waals surface area contributed by atoms with E-state index in [4.69, 9.17) is 0 Å². The molecule has 1 fully saturated rings. The number of fused-ring (bicyclic) bond motifs is 4. The predicted molar refractivity (Wildman–Crippen MR) is 52.1 cm³/mol. The van der Waals surface area contributed by atoms with Crippen molar-refractivity contribution in [3.8, 4) is 5.75 Å². The second-order valence-electron chi connectivity index (χ2n) is 4.28. The lowest BCUT2D eigenvalue weighted by Crippen LogP contribution is -2.27. The summed E-state index contributed by atoms with van der Waals surface area (Å²) >= 11 is 0. The predicted octanol–water partition coefficient (Wildman–Crippen LogP) is 3.15. The van der Waals surface area contributed by atoms with Crippen molar-refractivity contribution in [2.24, 2.45) is 0 Å². The Morgan fingerprint density at radius 3 is 2.69 bits per heavy atom. The molecule has 0 spiro atoms. The lowest BCUT2D eigenvalue weighted by Gasteiger charge is -2.43. The summed E-state index contributed by atoms with van der Waals surface area (Å²) in [5, 5.41) is 9.69. The Morgan fingerprint density at radius 1 is 1.08 bits per heavy atom. The van der Waals surface area contributed by atoms with Gasteiger partial charge in [-0.3, -0.25) is 0 Å². The average molecular weight is 174 g/mol. The van der Waals surface area contributed by atoms with Crippen LogP contribution in [0.1, 0.15) is 48.6 Å². The molecule has 13 heavy (non-hydrogen) atoms. The molecule has 1 nitrogen and oxygen atoms in total. The van der Waals surface area contributed by atoms with Crippen molar-refractivity contribution in [2.75, 3.05) is 0 Å². The fourth-order valence-electron chi connectivity index (χ4n) is 3.05. The van der Waals surface area contributed by atoms with Gasteiger partial charge in [-0.15, -0.1) is 0 Å². The molecule has 0 heterocycles. The van der Waals surface area contributed by atoms with Crippen LogP contribution in [0.5, 0.6) is 5.75 Å². The molecule has 68 valence electrons. The fraction of sp³-hybridized carbons (Fsp3) is 0.500. The minimum absolute atomic E-state index is 0.528. The first-order valence-electron chi connectivity index (χ1n) is 5.19. The zero-order chi connectivity index (χ0) is 8.84. The smallest absolute Gasteiger partial charge is 0.119 e. The van der Waals surface area contributed by atoms with Gasteiger partial charge >= 0.3 is 0 Å². The van der Waals surface area contributed by atoms with Crippen molar-refractivity contribution in [1.29, 1.82) is 0 Å². The topological polar surface area (TPSA) is 20.2 Å². The number of phenolic OH excluding ortho intramolecular Hbond substituents is 1. The van der Waals surface area contributed by atoms with Crippen LogP contribution in [0, 0.1) is 0 Å². The van der Waals surface area contributed by atoms with E-state index in [1.165, 1.54) is 36.8 Å². The third-order valence-electron chi connectivity index (χ3n) is 3.65. The zero-order valence-electron chi connectivity index (χ0n) is 7.66. The van der Waals surface area contributed by atoms with Crippen LogP contribution in [-0.4, -0.2) is 5.11 Å². The number of hydrogen-bond donors (Lipinski definition) is 1. The summed E-state index contributed by atoms with van der Waals surface area (Å²) in [6.45, 7) is 0. The molecule has 0 aliphatic heterocycles. The van der Waals surface area contributed by atoms with E-state index in [0.29, 0.717) is 11.7 Å². The van der Waals surface area contributed by atoms with E-state index in [1.54, 1.807) is 0 Å². The van der Waals surface area contributed by atoms with Crippen molar-refractivity contribution in [1.82, 2.24) is 0 Å². The fourth-order valence-corrected chi connectivity index (χ4v) is 3.05. The quantitative estimate of drug-likeness (QED) is 0.640. The van der Waals surface area contributed by atoms with Gasteiger partial charge in [0.1, 0.15) is 5.75 Å². The molecule has 1 aromatic carbocycles. The number of hydrogen-bond acceptors (Lipinski definition) is 1. The summed E-state index contributed by atoms with van der Waals surface area (Å²) in [6, 6.07) is 5.98. The molecule has 2 aliphatic carbocycles. The van der Waals surface area contributed by atoms with Gasteiger partial charge < -0.3 is 5.11 Å². The Morgan fingerprint density at radius 2 is 1.85 bits per heavy atom. The minimum atomic E-state index is 0.528. The van der Waals surface area contributed by atoms with Gasteiger partial charge in [-0.1, -0.05) is 25.0 Å². The Bertz CT molecular complexity index is 343. The van der Waals surface area contributed by atoms with Crippen LogP contribution in [-0.2, 0) is 0 Å². The van der Waals surface area contributed by atoms with Crippen LogP contribution in [0.15, 0.2) is 18.2 Å². The number of phenols is 1. The third-order valence-corrected chi connectivity index (χ3v) is 3.65. The summed E-state index contributed by atoms with van der Waals surface area (Å²) in [6.07, 6.45) is 5.33. The van der Waals surface area contributed by atoms with Crippen LogP contribution in [0.25, 0.3) is 0 Å². The normalized spacial score (nSPS) is 30.2. The molecule has 1 aromatic rings. The summed E-state index contributed by atoms with van der Waals surface area (Å²) in [4.78, 5) is 0. The first-order valence-corrected chi connectivity index (χ1v) is 5.19. The Balaban J connectivity index is 2.08. The van der Waals surface area contributed by atoms with E-state index < -0.39 is 0 Å². The maximum Gasteiger partial charge on any atom is 0.119 e. The first-order chi connectivity index (χ1) is 6.38. The molecule has 0 bridgehead atoms. The van der Waals surface area contributed by atoms with Crippen LogP contribution in [0.2, 0.25) is 0 Å². The first kappa shape index (κ1) is 7.43. The van der Waals surface area contributed by atoms with Gasteiger partial charge in [0.25, 0.3) is 0 Å². The lowest BCUT2D eigenvalue weighted by molar-refractivity contribution is 0.325. The molecule has 1 heteroatoms. The summed E-state index contributed by atoms with van der Waals surface area (Å²) in [5.41, 5.74) is 2.68. The van der Waals surface area contributed by atoms with Gasteiger partial charge in [-0.2, -0.15) is 0 Å². The second-order valence-corrected chi connectivity index (χ2v) is 4.28. The van der Waals surface area contributed by atoms with Gasteiger partial charge in [0.15, 0.2) is 0 Å². The summed E-state index contributed by atoms with van der Waals surface area (Å²) < 4.78 is 0. The van der Waals surface area contributed by atoms with E-state index in [2.05, 4.69) is 6.07 Å². The second kappa shape index (κ2) is 2.50. The van der Waals surface area contributed by atoms with Gasteiger partial charge in [0.05, 0.1) is 0 Å². The molecule has 3 rings (SSSR count). The highest BCUT2D eigenvalue weighted by Gasteiger charge is 2.40. The van der Waals surface area contributed by atoms with Crippen LogP contribution < -0.4 is 0 Å². The molecule has 2 aliphatic rings. The summed E-state index contributed by atoms with van der Waals surface area (Å²) in [7, 11) is 0. The molecule has 0 radical (unpaired) electrons. The molecular formula is C12H14O. The number of aromatic hydroxyl groups is 1. The highest BCUT2D eigenvalue weighted by molar-refractivity contribution is 5.53. The Labute approximate surface area is 78.4 Å². The number of benzene rings is 1. The van der Waals surface area contributed by atoms with Crippen LogP contribution in [0.4, 0.5) is 0 Å². The van der Waals surface area contributed by atoms with Gasteiger partial charge in [0, 0.05) is 5.56 Å². The molecule has 0 amide bonds. The molecular weight excluding hydrogens is 160 g/mol. The zero-order valence-corrected chi connectivity index (χ0v) is 7.66. The van der Waals surface area contributed by atoms with E-state index >= 15 is 0 Å². The largest absolute Gasteiger partial charge is 0.508 e. The van der Waals surface area contributed by atoms with Gasteiger partial charge in [0.2, 0.25) is 0 Å². The van der Waals surface area contributed by atoms with Crippen molar-refractivity contribution in [3.63, 3.8) is 0 Å². The van der Waals surface area contributed by atoms with Crippen molar-refractivity contribution < 1.29 is 5.11 Å². The minimum Gasteiger partial charge on any atom is -0.508 e. The van der Waals surface area contributed by atoms with E-state index in [1.807, 2.05) is 12.1 Å². The van der Waals surface area contributed by atoms with E-state index in [9.17, 15) is 5.11 Å².